The van der Waals surface area contributed by atoms with E-state index in [0.717, 1.165) is 43.0 Å². The third-order valence-electron chi connectivity index (χ3n) is 3.15. The topological polar surface area (TPSA) is 42.7 Å². The molecule has 1 N–H and O–H groups in total. The highest BCUT2D eigenvalue weighted by atomic mass is 15.3. The highest BCUT2D eigenvalue weighted by molar-refractivity contribution is 5.43. The molecule has 0 fully saturated rings. The van der Waals surface area contributed by atoms with Crippen LogP contribution in [0.4, 0.5) is 5.69 Å². The first-order valence-electron chi connectivity index (χ1n) is 7.01. The summed E-state index contributed by atoms with van der Waals surface area (Å²) in [5.41, 5.74) is 4.58. The van der Waals surface area contributed by atoms with Gasteiger partial charge in [-0.15, -0.1) is 0 Å². The summed E-state index contributed by atoms with van der Waals surface area (Å²) in [5, 5.41) is 7.94. The van der Waals surface area contributed by atoms with E-state index in [-0.39, 0.29) is 0 Å². The second-order valence-electron chi connectivity index (χ2n) is 4.56. The number of aromatic nitrogens is 3. The Hall–Kier alpha value is -1.84. The average Bonchev–Trinajstić information content (AvgIpc) is 2.82. The molecule has 2 aromatic rings. The predicted octanol–water partition coefficient (Wildman–Crippen LogP) is 2.88. The van der Waals surface area contributed by atoms with Crippen molar-refractivity contribution in [2.24, 2.45) is 0 Å². The molecule has 0 atom stereocenters. The number of aryl methyl sites for hydroxylation is 2. The maximum Gasteiger partial charge on any atom is 0.0835 e. The van der Waals surface area contributed by atoms with E-state index in [1.165, 1.54) is 5.69 Å². The third kappa shape index (κ3) is 3.34. The lowest BCUT2D eigenvalue weighted by Crippen LogP contribution is -2.08. The maximum absolute atomic E-state index is 4.63. The molecule has 0 aliphatic carbocycles. The minimum absolute atomic E-state index is 0.738. The SMILES string of the molecule is CCNc1ccnc(Cn2nc(CC)cc2CC)c1. The standard InChI is InChI=1S/C15H22N4/c1-4-12-10-15(5-2)19(18-12)11-14-9-13(16-6-3)7-8-17-14/h7-10H,4-6,11H2,1-3H3,(H,16,17). The summed E-state index contributed by atoms with van der Waals surface area (Å²) in [5.74, 6) is 0. The van der Waals surface area contributed by atoms with Gasteiger partial charge in [0.15, 0.2) is 0 Å². The fraction of sp³-hybridized carbons (Fsp3) is 0.467. The van der Waals surface area contributed by atoms with Crippen molar-refractivity contribution in [3.63, 3.8) is 0 Å². The summed E-state index contributed by atoms with van der Waals surface area (Å²) < 4.78 is 2.07. The van der Waals surface area contributed by atoms with Crippen molar-refractivity contribution in [2.75, 3.05) is 11.9 Å². The molecule has 0 saturated carbocycles. The van der Waals surface area contributed by atoms with Gasteiger partial charge in [-0.2, -0.15) is 5.10 Å². The number of pyridine rings is 1. The maximum atomic E-state index is 4.63. The summed E-state index contributed by atoms with van der Waals surface area (Å²) in [6, 6.07) is 6.28. The first-order valence-corrected chi connectivity index (χ1v) is 7.01. The summed E-state index contributed by atoms with van der Waals surface area (Å²) in [6.45, 7) is 8.05. The fourth-order valence-corrected chi connectivity index (χ4v) is 2.14. The fourth-order valence-electron chi connectivity index (χ4n) is 2.14. The zero-order chi connectivity index (χ0) is 13.7. The van der Waals surface area contributed by atoms with E-state index < -0.39 is 0 Å². The van der Waals surface area contributed by atoms with Crippen LogP contribution < -0.4 is 5.32 Å². The molecule has 19 heavy (non-hydrogen) atoms. The quantitative estimate of drug-likeness (QED) is 0.866. The van der Waals surface area contributed by atoms with Crippen LogP contribution in [0.25, 0.3) is 0 Å². The Morgan fingerprint density at radius 1 is 1.11 bits per heavy atom. The predicted molar refractivity (Wildman–Crippen MR) is 78.5 cm³/mol. The Kier molecular flexibility index (Phi) is 4.55. The van der Waals surface area contributed by atoms with Crippen LogP contribution in [0.2, 0.25) is 0 Å². The molecule has 0 aliphatic heterocycles. The lowest BCUT2D eigenvalue weighted by atomic mass is 10.2. The summed E-state index contributed by atoms with van der Waals surface area (Å²) in [4.78, 5) is 4.43. The van der Waals surface area contributed by atoms with E-state index in [9.17, 15) is 0 Å². The highest BCUT2D eigenvalue weighted by Gasteiger charge is 2.06. The van der Waals surface area contributed by atoms with Gasteiger partial charge in [0.25, 0.3) is 0 Å². The van der Waals surface area contributed by atoms with Crippen LogP contribution >= 0.6 is 0 Å². The van der Waals surface area contributed by atoms with E-state index in [1.54, 1.807) is 0 Å². The van der Waals surface area contributed by atoms with Crippen LogP contribution in [0.3, 0.4) is 0 Å². The molecule has 4 nitrogen and oxygen atoms in total. The average molecular weight is 258 g/mol. The molecule has 0 saturated heterocycles. The summed E-state index contributed by atoms with van der Waals surface area (Å²) in [6.07, 6.45) is 3.83. The van der Waals surface area contributed by atoms with Gasteiger partial charge >= 0.3 is 0 Å². The number of nitrogens with zero attached hydrogens (tertiary/aromatic N) is 3. The van der Waals surface area contributed by atoms with Crippen LogP contribution in [-0.2, 0) is 19.4 Å². The largest absolute Gasteiger partial charge is 0.385 e. The minimum atomic E-state index is 0.738. The van der Waals surface area contributed by atoms with Gasteiger partial charge in [-0.05, 0) is 38.0 Å². The Bertz CT molecular complexity index is 531. The van der Waals surface area contributed by atoms with Crippen molar-refractivity contribution in [2.45, 2.75) is 40.2 Å². The normalized spacial score (nSPS) is 10.7. The van der Waals surface area contributed by atoms with E-state index in [4.69, 9.17) is 0 Å². The van der Waals surface area contributed by atoms with Crippen LogP contribution in [0.1, 0.15) is 37.9 Å². The first kappa shape index (κ1) is 13.6. The van der Waals surface area contributed by atoms with Gasteiger partial charge in [0.05, 0.1) is 17.9 Å². The van der Waals surface area contributed by atoms with Gasteiger partial charge in [-0.25, -0.2) is 0 Å². The number of rotatable bonds is 6. The number of hydrogen-bond donors (Lipinski definition) is 1. The molecule has 0 aliphatic rings. The Labute approximate surface area is 114 Å². The van der Waals surface area contributed by atoms with Gasteiger partial charge in [0.2, 0.25) is 0 Å². The lowest BCUT2D eigenvalue weighted by molar-refractivity contribution is 0.630. The molecule has 0 spiro atoms. The van der Waals surface area contributed by atoms with E-state index in [1.807, 2.05) is 12.3 Å². The second kappa shape index (κ2) is 6.36. The van der Waals surface area contributed by atoms with Crippen molar-refractivity contribution >= 4 is 5.69 Å². The van der Waals surface area contributed by atoms with Crippen molar-refractivity contribution < 1.29 is 0 Å². The summed E-state index contributed by atoms with van der Waals surface area (Å²) >= 11 is 0. The molecule has 0 amide bonds. The molecule has 2 heterocycles. The van der Waals surface area contributed by atoms with Crippen molar-refractivity contribution in [3.05, 3.63) is 41.5 Å². The number of nitrogens with one attached hydrogen (secondary N) is 1. The smallest absolute Gasteiger partial charge is 0.0835 e. The molecule has 4 heteroatoms. The molecule has 0 aromatic carbocycles. The monoisotopic (exact) mass is 258 g/mol. The lowest BCUT2D eigenvalue weighted by Gasteiger charge is -2.08. The van der Waals surface area contributed by atoms with E-state index >= 15 is 0 Å². The van der Waals surface area contributed by atoms with Crippen LogP contribution in [0, 0.1) is 0 Å². The summed E-state index contributed by atoms with van der Waals surface area (Å²) in [7, 11) is 0. The number of anilines is 1. The Balaban J connectivity index is 2.20. The zero-order valence-corrected chi connectivity index (χ0v) is 12.0. The van der Waals surface area contributed by atoms with Gasteiger partial charge in [0, 0.05) is 24.1 Å². The van der Waals surface area contributed by atoms with E-state index in [0.29, 0.717) is 0 Å². The van der Waals surface area contributed by atoms with Gasteiger partial charge in [0.1, 0.15) is 0 Å². The van der Waals surface area contributed by atoms with Crippen molar-refractivity contribution in [1.82, 2.24) is 14.8 Å². The molecular formula is C15H22N4. The van der Waals surface area contributed by atoms with Crippen molar-refractivity contribution in [3.8, 4) is 0 Å². The Morgan fingerprint density at radius 2 is 1.95 bits per heavy atom. The molecule has 102 valence electrons. The van der Waals surface area contributed by atoms with Gasteiger partial charge < -0.3 is 5.32 Å². The number of hydrogen-bond acceptors (Lipinski definition) is 3. The molecule has 0 unspecified atom stereocenters. The molecule has 2 aromatic heterocycles. The van der Waals surface area contributed by atoms with Crippen LogP contribution in [0.5, 0.6) is 0 Å². The molecule has 0 bridgehead atoms. The molecule has 2 rings (SSSR count). The zero-order valence-electron chi connectivity index (χ0n) is 12.0. The third-order valence-corrected chi connectivity index (χ3v) is 3.15. The van der Waals surface area contributed by atoms with E-state index in [2.05, 4.69) is 53.0 Å². The van der Waals surface area contributed by atoms with Crippen LogP contribution in [-0.4, -0.2) is 21.3 Å². The van der Waals surface area contributed by atoms with Gasteiger partial charge in [-0.3, -0.25) is 9.67 Å². The Morgan fingerprint density at radius 3 is 2.63 bits per heavy atom. The minimum Gasteiger partial charge on any atom is -0.385 e. The highest BCUT2D eigenvalue weighted by Crippen LogP contribution is 2.12. The first-order chi connectivity index (χ1) is 9.26. The van der Waals surface area contributed by atoms with Gasteiger partial charge in [-0.1, -0.05) is 13.8 Å². The van der Waals surface area contributed by atoms with Crippen LogP contribution in [0.15, 0.2) is 24.4 Å². The molecular weight excluding hydrogens is 236 g/mol. The molecule has 0 radical (unpaired) electrons. The van der Waals surface area contributed by atoms with Crippen molar-refractivity contribution in [1.29, 1.82) is 0 Å². The second-order valence-corrected chi connectivity index (χ2v) is 4.56.